The second-order valence-electron chi connectivity index (χ2n) is 16.4. The summed E-state index contributed by atoms with van der Waals surface area (Å²) in [6, 6.07) is -2.16. The smallest absolute Gasteiger partial charge is 0.326 e. The van der Waals surface area contributed by atoms with E-state index >= 15 is 0 Å². The molecule has 0 fully saturated rings. The van der Waals surface area contributed by atoms with E-state index in [1.807, 2.05) is 13.8 Å². The predicted molar refractivity (Wildman–Crippen MR) is 235 cm³/mol. The minimum Gasteiger partial charge on any atom is -0.508 e. The van der Waals surface area contributed by atoms with E-state index in [2.05, 4.69) is 42.2 Å². The van der Waals surface area contributed by atoms with Gasteiger partial charge in [-0.15, -0.1) is 0 Å². The zero-order valence-electron chi connectivity index (χ0n) is 37.4. The maximum absolute atomic E-state index is 14.1. The first-order chi connectivity index (χ1) is 29.9. The van der Waals surface area contributed by atoms with Gasteiger partial charge in [-0.05, 0) is 61.1 Å². The SMILES string of the molecule is CC[C@H](C)[C@H](NC(=O)CNC(=O)[C@H](CCCN=C(N)N)NC(=O)[C@H](CC(C)C)NC(=O)[C@H](Cc1ccc(O)cc1)NC(=O)[C@H](CC(N)=O)NC(=O)CNC(=O)[C@@H](N)CC(C)C)C(=O)O. The molecule has 1 aromatic rings. The molecule has 17 N–H and O–H groups in total. The van der Waals surface area contributed by atoms with E-state index in [1.165, 1.54) is 24.3 Å². The van der Waals surface area contributed by atoms with Crippen molar-refractivity contribution in [3.05, 3.63) is 29.8 Å². The van der Waals surface area contributed by atoms with Gasteiger partial charge in [0.15, 0.2) is 5.96 Å². The highest BCUT2D eigenvalue weighted by Crippen LogP contribution is 2.14. The summed E-state index contributed by atoms with van der Waals surface area (Å²) in [5.41, 5.74) is 22.6. The molecular formula is C41H68N12O11. The van der Waals surface area contributed by atoms with Gasteiger partial charge in [-0.1, -0.05) is 60.1 Å². The zero-order valence-corrected chi connectivity index (χ0v) is 37.4. The maximum atomic E-state index is 14.1. The van der Waals surface area contributed by atoms with Crippen LogP contribution in [0, 0.1) is 17.8 Å². The minimum absolute atomic E-state index is 0.0291. The van der Waals surface area contributed by atoms with Crippen molar-refractivity contribution in [2.24, 2.45) is 45.7 Å². The lowest BCUT2D eigenvalue weighted by atomic mass is 9.99. The highest BCUT2D eigenvalue weighted by molar-refractivity contribution is 5.98. The number of nitrogens with one attached hydrogen (secondary N) is 7. The highest BCUT2D eigenvalue weighted by atomic mass is 16.4. The molecule has 0 spiro atoms. The third-order valence-electron chi connectivity index (χ3n) is 9.69. The largest absolute Gasteiger partial charge is 0.508 e. The molecule has 23 nitrogen and oxygen atoms in total. The number of carbonyl (C=O) groups is 9. The molecule has 0 heterocycles. The van der Waals surface area contributed by atoms with Gasteiger partial charge in [0.1, 0.15) is 36.0 Å². The molecule has 0 aliphatic rings. The summed E-state index contributed by atoms with van der Waals surface area (Å²) < 4.78 is 0. The number of nitrogens with two attached hydrogens (primary N) is 4. The van der Waals surface area contributed by atoms with Crippen LogP contribution in [0.4, 0.5) is 0 Å². The molecule has 23 heteroatoms. The van der Waals surface area contributed by atoms with E-state index in [-0.39, 0.29) is 55.8 Å². The van der Waals surface area contributed by atoms with Crippen LogP contribution in [0.2, 0.25) is 0 Å². The number of aliphatic carboxylic acids is 1. The van der Waals surface area contributed by atoms with Crippen molar-refractivity contribution in [3.8, 4) is 5.75 Å². The van der Waals surface area contributed by atoms with Crippen LogP contribution < -0.4 is 60.2 Å². The Morgan fingerprint density at radius 2 is 1.17 bits per heavy atom. The monoisotopic (exact) mass is 905 g/mol. The first-order valence-corrected chi connectivity index (χ1v) is 21.1. The number of carboxylic acid groups (broad SMARTS) is 1. The zero-order chi connectivity index (χ0) is 48.7. The van der Waals surface area contributed by atoms with Gasteiger partial charge in [0.2, 0.25) is 47.3 Å². The number of carbonyl (C=O) groups excluding carboxylic acids is 8. The molecule has 1 rings (SSSR count). The van der Waals surface area contributed by atoms with Gasteiger partial charge in [-0.2, -0.15) is 0 Å². The van der Waals surface area contributed by atoms with Gasteiger partial charge in [-0.3, -0.25) is 43.3 Å². The normalized spacial score (nSPS) is 14.3. The van der Waals surface area contributed by atoms with Crippen LogP contribution in [0.25, 0.3) is 0 Å². The molecular weight excluding hydrogens is 837 g/mol. The third kappa shape index (κ3) is 22.0. The van der Waals surface area contributed by atoms with Crippen LogP contribution in [0.1, 0.15) is 85.6 Å². The van der Waals surface area contributed by atoms with Crippen molar-refractivity contribution in [2.45, 2.75) is 123 Å². The molecule has 0 unspecified atom stereocenters. The van der Waals surface area contributed by atoms with E-state index in [9.17, 15) is 53.4 Å². The summed E-state index contributed by atoms with van der Waals surface area (Å²) >= 11 is 0. The molecule has 64 heavy (non-hydrogen) atoms. The number of primary amides is 1. The van der Waals surface area contributed by atoms with E-state index in [1.54, 1.807) is 27.7 Å². The summed E-state index contributed by atoms with van der Waals surface area (Å²) in [6.07, 6.45) is 0.0587. The van der Waals surface area contributed by atoms with Gasteiger partial charge in [0.25, 0.3) is 0 Å². The van der Waals surface area contributed by atoms with Gasteiger partial charge in [-0.25, -0.2) is 4.79 Å². The lowest BCUT2D eigenvalue weighted by Gasteiger charge is -2.27. The Balaban J connectivity index is 3.39. The van der Waals surface area contributed by atoms with Crippen LogP contribution in [0.5, 0.6) is 5.75 Å². The summed E-state index contributed by atoms with van der Waals surface area (Å²) in [6.45, 7) is 9.51. The van der Waals surface area contributed by atoms with E-state index < -0.39 is 115 Å². The number of benzene rings is 1. The standard InChI is InChI=1S/C41H68N12O11/c1-7-23(6)34(40(63)64)53-33(57)20-48-36(59)27(9-8-14-46-41(44)45)50-37(60)28(16-22(4)5)51-38(61)29(17-24-10-12-25(54)13-11-24)52-39(62)30(18-31(43)55)49-32(56)19-47-35(58)26(42)15-21(2)3/h10-13,21-23,26-30,34,54H,7-9,14-20,42H2,1-6H3,(H2,43,55)(H,47,58)(H,48,59)(H,49,56)(H,50,60)(H,51,61)(H,52,62)(H,53,57)(H,63,64)(H4,44,45,46)/t23-,26-,27-,28-,29-,30-,34-/m0/s1. The fourth-order valence-electron chi connectivity index (χ4n) is 6.14. The quantitative estimate of drug-likeness (QED) is 0.0218. The Bertz CT molecular complexity index is 1790. The summed E-state index contributed by atoms with van der Waals surface area (Å²) in [4.78, 5) is 121. The Morgan fingerprint density at radius 1 is 0.656 bits per heavy atom. The first-order valence-electron chi connectivity index (χ1n) is 21.1. The van der Waals surface area contributed by atoms with Crippen molar-refractivity contribution in [3.63, 3.8) is 0 Å². The highest BCUT2D eigenvalue weighted by Gasteiger charge is 2.33. The Hall–Kier alpha value is -6.52. The van der Waals surface area contributed by atoms with Gasteiger partial charge in [0.05, 0.1) is 25.6 Å². The molecule has 0 aromatic heterocycles. The van der Waals surface area contributed by atoms with Crippen molar-refractivity contribution in [2.75, 3.05) is 19.6 Å². The van der Waals surface area contributed by atoms with Gasteiger partial charge >= 0.3 is 5.97 Å². The number of carboxylic acids is 1. The Morgan fingerprint density at radius 3 is 1.70 bits per heavy atom. The second kappa shape index (κ2) is 28.2. The number of guanidine groups is 1. The van der Waals surface area contributed by atoms with Crippen LogP contribution in [-0.2, 0) is 49.6 Å². The number of nitrogens with zero attached hydrogens (tertiary/aromatic N) is 1. The number of hydrogen-bond acceptors (Lipinski definition) is 12. The molecule has 0 bridgehead atoms. The lowest BCUT2D eigenvalue weighted by Crippen LogP contribution is -2.59. The number of rotatable bonds is 29. The van der Waals surface area contributed by atoms with Crippen LogP contribution >= 0.6 is 0 Å². The third-order valence-corrected chi connectivity index (χ3v) is 9.69. The molecule has 0 saturated carbocycles. The van der Waals surface area contributed by atoms with Gasteiger partial charge < -0.3 is 70.4 Å². The molecule has 1 aromatic carbocycles. The van der Waals surface area contributed by atoms with Crippen LogP contribution in [0.15, 0.2) is 29.3 Å². The number of amides is 8. The van der Waals surface area contributed by atoms with Crippen molar-refractivity contribution >= 4 is 59.2 Å². The minimum atomic E-state index is -1.61. The number of phenolic OH excluding ortho intramolecular Hbond substituents is 1. The summed E-state index contributed by atoms with van der Waals surface area (Å²) in [7, 11) is 0. The first kappa shape index (κ1) is 55.5. The number of phenols is 1. The molecule has 0 aliphatic carbocycles. The van der Waals surface area contributed by atoms with Crippen LogP contribution in [0.3, 0.4) is 0 Å². The molecule has 8 amide bonds. The molecule has 0 radical (unpaired) electrons. The maximum Gasteiger partial charge on any atom is 0.326 e. The number of aromatic hydroxyl groups is 1. The fourth-order valence-corrected chi connectivity index (χ4v) is 6.14. The molecule has 0 aliphatic heterocycles. The lowest BCUT2D eigenvalue weighted by molar-refractivity contribution is -0.143. The molecule has 7 atom stereocenters. The van der Waals surface area contributed by atoms with E-state index in [4.69, 9.17) is 22.9 Å². The van der Waals surface area contributed by atoms with E-state index in [0.717, 1.165) is 0 Å². The molecule has 0 saturated heterocycles. The van der Waals surface area contributed by atoms with Crippen LogP contribution in [-0.4, -0.2) is 125 Å². The number of aliphatic imine (C=N–C) groups is 1. The second-order valence-corrected chi connectivity index (χ2v) is 16.4. The molecule has 358 valence electrons. The average molecular weight is 905 g/mol. The van der Waals surface area contributed by atoms with Crippen molar-refractivity contribution < 1.29 is 53.4 Å². The summed E-state index contributed by atoms with van der Waals surface area (Å²) in [5, 5.41) is 36.6. The average Bonchev–Trinajstić information content (AvgIpc) is 3.20. The van der Waals surface area contributed by atoms with Crippen molar-refractivity contribution in [1.82, 2.24) is 37.2 Å². The fraction of sp³-hybridized carbons (Fsp3) is 0.610. The van der Waals surface area contributed by atoms with E-state index in [0.29, 0.717) is 18.4 Å². The number of hydrogen-bond donors (Lipinski definition) is 13. The Labute approximate surface area is 372 Å². The summed E-state index contributed by atoms with van der Waals surface area (Å²) in [5.74, 6) is -8.87. The predicted octanol–water partition coefficient (Wildman–Crippen LogP) is -2.93. The van der Waals surface area contributed by atoms with Gasteiger partial charge in [0, 0.05) is 13.0 Å². The topological polar surface area (TPSA) is 395 Å². The van der Waals surface area contributed by atoms with Crippen molar-refractivity contribution in [1.29, 1.82) is 0 Å². The Kier molecular flexibility index (Phi) is 24.5.